The van der Waals surface area contributed by atoms with E-state index in [0.29, 0.717) is 0 Å². The van der Waals surface area contributed by atoms with Crippen LogP contribution in [0.5, 0.6) is 0 Å². The third kappa shape index (κ3) is 11.4. The van der Waals surface area contributed by atoms with Crippen molar-refractivity contribution >= 4 is 16.4 Å². The zero-order valence-electron chi connectivity index (χ0n) is 10.4. The molecule has 5 N–H and O–H groups in total. The first-order valence-electron chi connectivity index (χ1n) is 4.70. The van der Waals surface area contributed by atoms with Crippen LogP contribution >= 0.6 is 0 Å². The summed E-state index contributed by atoms with van der Waals surface area (Å²) in [5, 5.41) is 8.88. The van der Waals surface area contributed by atoms with Crippen molar-refractivity contribution in [2.24, 2.45) is 0 Å². The lowest BCUT2D eigenvalue weighted by Gasteiger charge is -2.31. The van der Waals surface area contributed by atoms with Gasteiger partial charge >= 0.3 is 16.4 Å². The van der Waals surface area contributed by atoms with Crippen molar-refractivity contribution in [1.82, 2.24) is 16.0 Å². The van der Waals surface area contributed by atoms with Crippen LogP contribution < -0.4 is 16.0 Å². The second kappa shape index (κ2) is 8.97. The van der Waals surface area contributed by atoms with Gasteiger partial charge in [0.25, 0.3) is 0 Å². The summed E-state index contributed by atoms with van der Waals surface area (Å²) in [4.78, 5) is 10.8. The molecule has 0 aliphatic heterocycles. The van der Waals surface area contributed by atoms with Crippen LogP contribution in [-0.2, 0) is 19.9 Å². The first kappa shape index (κ1) is 19.3. The average Bonchev–Trinajstić information content (AvgIpc) is 2.29. The van der Waals surface area contributed by atoms with Gasteiger partial charge in [0.15, 0.2) is 5.79 Å². The number of likely N-dealkylation sites (N-methyl/N-ethyl adjacent to an activating group) is 3. The third-order valence-corrected chi connectivity index (χ3v) is 1.88. The van der Waals surface area contributed by atoms with Crippen LogP contribution in [0.2, 0.25) is 0 Å². The van der Waals surface area contributed by atoms with E-state index in [9.17, 15) is 4.79 Å². The monoisotopic (exact) mass is 285 g/mol. The van der Waals surface area contributed by atoms with E-state index >= 15 is 0 Å². The smallest absolute Gasteiger partial charge is 0.394 e. The van der Waals surface area contributed by atoms with Gasteiger partial charge in [-0.05, 0) is 21.1 Å². The summed E-state index contributed by atoms with van der Waals surface area (Å²) in [6, 6.07) is 0. The second-order valence-corrected chi connectivity index (χ2v) is 3.81. The predicted molar refractivity (Wildman–Crippen MR) is 65.2 cm³/mol. The van der Waals surface area contributed by atoms with E-state index in [4.69, 9.17) is 22.3 Å². The van der Waals surface area contributed by atoms with Gasteiger partial charge in [-0.3, -0.25) is 25.1 Å². The maximum absolute atomic E-state index is 10.8. The topological polar surface area (TPSA) is 137 Å². The van der Waals surface area contributed by atoms with Gasteiger partial charge in [0, 0.05) is 6.08 Å². The molecule has 10 heteroatoms. The largest absolute Gasteiger partial charge is 0.458 e. The van der Waals surface area contributed by atoms with Gasteiger partial charge in [0.05, 0.1) is 0 Å². The average molecular weight is 285 g/mol. The number of rotatable bonds is 6. The molecule has 0 rings (SSSR count). The van der Waals surface area contributed by atoms with Crippen LogP contribution in [0.4, 0.5) is 0 Å². The number of nitrogens with one attached hydrogen (secondary N) is 3. The maximum atomic E-state index is 10.8. The van der Waals surface area contributed by atoms with Crippen LogP contribution in [0.3, 0.4) is 0 Å². The van der Waals surface area contributed by atoms with Crippen molar-refractivity contribution in [1.29, 1.82) is 0 Å². The Morgan fingerprint density at radius 1 is 1.28 bits per heavy atom. The fourth-order valence-corrected chi connectivity index (χ4v) is 0.830. The van der Waals surface area contributed by atoms with Crippen molar-refractivity contribution in [3.05, 3.63) is 12.7 Å². The zero-order valence-corrected chi connectivity index (χ0v) is 11.2. The summed E-state index contributed by atoms with van der Waals surface area (Å²) in [5.41, 5.74) is 0. The fourth-order valence-electron chi connectivity index (χ4n) is 0.830. The molecular formula is C8H19N3O6S. The summed E-state index contributed by atoms with van der Waals surface area (Å²) in [5.74, 6) is -1.02. The zero-order chi connectivity index (χ0) is 14.8. The molecule has 18 heavy (non-hydrogen) atoms. The van der Waals surface area contributed by atoms with Gasteiger partial charge in [0.1, 0.15) is 6.61 Å². The number of esters is 1. The molecule has 0 amide bonds. The molecule has 0 aliphatic rings. The minimum atomic E-state index is -4.67. The van der Waals surface area contributed by atoms with E-state index in [1.807, 2.05) is 0 Å². The molecule has 0 aromatic carbocycles. The Morgan fingerprint density at radius 2 is 1.61 bits per heavy atom. The van der Waals surface area contributed by atoms with Crippen molar-refractivity contribution in [3.8, 4) is 0 Å². The lowest BCUT2D eigenvalue weighted by molar-refractivity contribution is -0.140. The summed E-state index contributed by atoms with van der Waals surface area (Å²) in [6.07, 6.45) is 1.13. The van der Waals surface area contributed by atoms with Gasteiger partial charge in [-0.2, -0.15) is 8.42 Å². The van der Waals surface area contributed by atoms with Gasteiger partial charge in [-0.1, -0.05) is 6.58 Å². The van der Waals surface area contributed by atoms with E-state index < -0.39 is 22.2 Å². The molecule has 0 atom stereocenters. The molecule has 0 saturated heterocycles. The molecule has 0 radical (unpaired) electrons. The summed E-state index contributed by atoms with van der Waals surface area (Å²) in [6.45, 7) is 3.48. The number of hydrogen-bond donors (Lipinski definition) is 5. The molecule has 0 heterocycles. The maximum Gasteiger partial charge on any atom is 0.394 e. The highest BCUT2D eigenvalue weighted by Gasteiger charge is 2.24. The van der Waals surface area contributed by atoms with Gasteiger partial charge in [-0.15, -0.1) is 0 Å². The molecule has 0 spiro atoms. The van der Waals surface area contributed by atoms with Crippen LogP contribution in [0.15, 0.2) is 12.7 Å². The lowest BCUT2D eigenvalue weighted by atomic mass is 10.3. The van der Waals surface area contributed by atoms with Gasteiger partial charge in [-0.25, -0.2) is 4.79 Å². The number of hydrogen-bond acceptors (Lipinski definition) is 7. The van der Waals surface area contributed by atoms with Crippen molar-refractivity contribution in [2.45, 2.75) is 5.79 Å². The number of ether oxygens (including phenoxy) is 1. The van der Waals surface area contributed by atoms with Gasteiger partial charge < -0.3 is 4.74 Å². The van der Waals surface area contributed by atoms with E-state index in [-0.39, 0.29) is 6.61 Å². The Labute approximate surface area is 106 Å². The molecule has 0 aromatic rings. The molecule has 0 fully saturated rings. The van der Waals surface area contributed by atoms with Crippen LogP contribution in [-0.4, -0.2) is 57.0 Å². The van der Waals surface area contributed by atoms with Crippen LogP contribution in [0.25, 0.3) is 0 Å². The predicted octanol–water partition coefficient (Wildman–Crippen LogP) is -1.63. The summed E-state index contributed by atoms with van der Waals surface area (Å²) < 4.78 is 36.5. The summed E-state index contributed by atoms with van der Waals surface area (Å²) in [7, 11) is 0.609. The third-order valence-electron chi connectivity index (χ3n) is 1.88. The van der Waals surface area contributed by atoms with Crippen LogP contribution in [0, 0.1) is 0 Å². The van der Waals surface area contributed by atoms with Crippen molar-refractivity contribution in [3.63, 3.8) is 0 Å². The Bertz CT molecular complexity index is 336. The molecular weight excluding hydrogens is 266 g/mol. The molecule has 0 aromatic heterocycles. The molecule has 0 aliphatic carbocycles. The molecule has 9 nitrogen and oxygen atoms in total. The SMILES string of the molecule is C=CC(=O)OCC(NC)(NC)NC.O=S(=O)(O)O. The Kier molecular flexibility index (Phi) is 9.61. The van der Waals surface area contributed by atoms with E-state index in [2.05, 4.69) is 22.5 Å². The van der Waals surface area contributed by atoms with E-state index in [1.165, 1.54) is 0 Å². The Balaban J connectivity index is 0. The lowest BCUT2D eigenvalue weighted by Crippen LogP contribution is -2.66. The standard InChI is InChI=1S/C8H17N3O2.H2O4S/c1-5-7(12)13-6-8(9-2,10-3)11-4;1-5(2,3)4/h5,9-11H,1,6H2,2-4H3;(H2,1,2,3,4). The highest BCUT2D eigenvalue weighted by atomic mass is 32.3. The molecule has 108 valence electrons. The van der Waals surface area contributed by atoms with Gasteiger partial charge in [0.2, 0.25) is 0 Å². The number of carbonyl (C=O) groups excluding carboxylic acids is 1. The second-order valence-electron chi connectivity index (χ2n) is 2.91. The minimum absolute atomic E-state index is 0.182. The molecule has 0 saturated carbocycles. The highest BCUT2D eigenvalue weighted by Crippen LogP contribution is 1.94. The minimum Gasteiger partial charge on any atom is -0.458 e. The first-order chi connectivity index (χ1) is 8.14. The normalized spacial score (nSPS) is 11.2. The summed E-state index contributed by atoms with van der Waals surface area (Å²) >= 11 is 0. The number of carbonyl (C=O) groups is 1. The first-order valence-corrected chi connectivity index (χ1v) is 6.09. The molecule has 0 unspecified atom stereocenters. The van der Waals surface area contributed by atoms with Crippen molar-refractivity contribution < 1.29 is 27.1 Å². The quantitative estimate of drug-likeness (QED) is 0.169. The Hall–Kier alpha value is -1.04. The highest BCUT2D eigenvalue weighted by molar-refractivity contribution is 7.79. The van der Waals surface area contributed by atoms with E-state index in [0.717, 1.165) is 6.08 Å². The van der Waals surface area contributed by atoms with Crippen LogP contribution in [0.1, 0.15) is 0 Å². The van der Waals surface area contributed by atoms with E-state index in [1.54, 1.807) is 21.1 Å². The fraction of sp³-hybridized carbons (Fsp3) is 0.625. The Morgan fingerprint density at radius 3 is 1.83 bits per heavy atom. The molecule has 0 bridgehead atoms. The van der Waals surface area contributed by atoms with Crippen molar-refractivity contribution in [2.75, 3.05) is 27.7 Å².